The van der Waals surface area contributed by atoms with Gasteiger partial charge in [0.1, 0.15) is 11.8 Å². The van der Waals surface area contributed by atoms with Crippen molar-refractivity contribution < 1.29 is 23.9 Å². The van der Waals surface area contributed by atoms with Crippen molar-refractivity contribution in [2.45, 2.75) is 39.3 Å². The fourth-order valence-electron chi connectivity index (χ4n) is 4.18. The number of benzene rings is 2. The van der Waals surface area contributed by atoms with Gasteiger partial charge in [-0.05, 0) is 61.2 Å². The lowest BCUT2D eigenvalue weighted by Gasteiger charge is -2.29. The molecule has 168 valence electrons. The maximum absolute atomic E-state index is 12.9. The van der Waals surface area contributed by atoms with Gasteiger partial charge in [-0.1, -0.05) is 6.07 Å². The zero-order valence-electron chi connectivity index (χ0n) is 18.5. The number of nitriles is 1. The number of rotatable bonds is 3. The Bertz CT molecular complexity index is 1220. The summed E-state index contributed by atoms with van der Waals surface area (Å²) in [6.07, 6.45) is -0.188. The van der Waals surface area contributed by atoms with Crippen LogP contribution in [0, 0.1) is 25.2 Å². The summed E-state index contributed by atoms with van der Waals surface area (Å²) in [6, 6.07) is 9.69. The Labute approximate surface area is 190 Å². The van der Waals surface area contributed by atoms with Gasteiger partial charge in [0.2, 0.25) is 11.8 Å². The van der Waals surface area contributed by atoms with E-state index in [0.717, 1.165) is 16.7 Å². The van der Waals surface area contributed by atoms with Gasteiger partial charge in [-0.2, -0.15) is 5.26 Å². The number of nitrogens with zero attached hydrogens (tertiary/aromatic N) is 3. The Hall–Kier alpha value is -4.19. The van der Waals surface area contributed by atoms with Gasteiger partial charge in [-0.25, -0.2) is 4.79 Å². The van der Waals surface area contributed by atoms with E-state index in [4.69, 9.17) is 4.74 Å². The first-order chi connectivity index (χ1) is 15.7. The zero-order chi connectivity index (χ0) is 23.9. The minimum absolute atomic E-state index is 0.181. The van der Waals surface area contributed by atoms with Crippen LogP contribution >= 0.6 is 0 Å². The maximum Gasteiger partial charge on any atom is 0.419 e. The van der Waals surface area contributed by atoms with Crippen molar-refractivity contribution in [1.29, 1.82) is 5.26 Å². The molecule has 1 saturated heterocycles. The van der Waals surface area contributed by atoms with Gasteiger partial charge in [0.15, 0.2) is 0 Å². The smallest absolute Gasteiger partial charge is 0.410 e. The number of anilines is 1. The first-order valence-electron chi connectivity index (χ1n) is 10.4. The first kappa shape index (κ1) is 22.0. The van der Waals surface area contributed by atoms with Crippen molar-refractivity contribution in [2.24, 2.45) is 0 Å². The Morgan fingerprint density at radius 1 is 1.18 bits per heavy atom. The second-order valence-corrected chi connectivity index (χ2v) is 8.21. The van der Waals surface area contributed by atoms with Crippen LogP contribution in [0.1, 0.15) is 45.5 Å². The third-order valence-corrected chi connectivity index (χ3v) is 6.00. The van der Waals surface area contributed by atoms with Gasteiger partial charge in [-0.15, -0.1) is 0 Å². The van der Waals surface area contributed by atoms with Crippen molar-refractivity contribution in [2.75, 3.05) is 11.9 Å². The van der Waals surface area contributed by atoms with Gasteiger partial charge >= 0.3 is 6.09 Å². The molecule has 2 aliphatic rings. The van der Waals surface area contributed by atoms with Crippen molar-refractivity contribution in [3.05, 3.63) is 58.1 Å². The summed E-state index contributed by atoms with van der Waals surface area (Å²) in [6.45, 7) is 3.85. The SMILES string of the molecule is Cc1cc(N(C)C(=O)Oc2ccc3c(c2)C(=O)N(C2CCC(=O)NC2=O)C3)cc(C)c1C#N. The van der Waals surface area contributed by atoms with Crippen LogP contribution < -0.4 is 15.0 Å². The van der Waals surface area contributed by atoms with E-state index in [0.29, 0.717) is 16.8 Å². The van der Waals surface area contributed by atoms with E-state index in [1.807, 2.05) is 0 Å². The molecule has 4 amide bonds. The molecule has 0 spiro atoms. The molecule has 4 rings (SSSR count). The van der Waals surface area contributed by atoms with Crippen LogP contribution in [-0.4, -0.2) is 41.8 Å². The molecule has 0 bridgehead atoms. The molecular formula is C24H22N4O5. The largest absolute Gasteiger partial charge is 0.419 e. The number of ether oxygens (including phenoxy) is 1. The van der Waals surface area contributed by atoms with E-state index in [2.05, 4.69) is 11.4 Å². The van der Waals surface area contributed by atoms with E-state index in [1.54, 1.807) is 45.2 Å². The van der Waals surface area contributed by atoms with E-state index in [9.17, 15) is 24.4 Å². The molecular weight excluding hydrogens is 424 g/mol. The molecule has 0 aliphatic carbocycles. The number of carbonyl (C=O) groups excluding carboxylic acids is 4. The van der Waals surface area contributed by atoms with Crippen LogP contribution in [0.2, 0.25) is 0 Å². The predicted molar refractivity (Wildman–Crippen MR) is 118 cm³/mol. The number of aryl methyl sites for hydroxylation is 2. The van der Waals surface area contributed by atoms with Gasteiger partial charge in [0.25, 0.3) is 5.91 Å². The monoisotopic (exact) mass is 446 g/mol. The highest BCUT2D eigenvalue weighted by Gasteiger charge is 2.39. The van der Waals surface area contributed by atoms with Crippen LogP contribution in [0.4, 0.5) is 10.5 Å². The minimum atomic E-state index is -0.706. The number of fused-ring (bicyclic) bond motifs is 1. The van der Waals surface area contributed by atoms with Crippen LogP contribution in [0.25, 0.3) is 0 Å². The Morgan fingerprint density at radius 3 is 2.52 bits per heavy atom. The molecule has 0 saturated carbocycles. The number of amides is 4. The summed E-state index contributed by atoms with van der Waals surface area (Å²) >= 11 is 0. The maximum atomic E-state index is 12.9. The lowest BCUT2D eigenvalue weighted by Crippen LogP contribution is -2.52. The minimum Gasteiger partial charge on any atom is -0.410 e. The number of hydrogen-bond donors (Lipinski definition) is 1. The highest BCUT2D eigenvalue weighted by Crippen LogP contribution is 2.30. The highest BCUT2D eigenvalue weighted by atomic mass is 16.6. The number of hydrogen-bond acceptors (Lipinski definition) is 6. The van der Waals surface area contributed by atoms with Crippen molar-refractivity contribution in [3.8, 4) is 11.8 Å². The average molecular weight is 446 g/mol. The van der Waals surface area contributed by atoms with Crippen LogP contribution in [0.3, 0.4) is 0 Å². The van der Waals surface area contributed by atoms with E-state index in [-0.39, 0.29) is 37.0 Å². The molecule has 1 unspecified atom stereocenters. The Kier molecular flexibility index (Phi) is 5.60. The molecule has 2 aromatic rings. The molecule has 9 nitrogen and oxygen atoms in total. The van der Waals surface area contributed by atoms with Crippen LogP contribution in [0.5, 0.6) is 5.75 Å². The Balaban J connectivity index is 1.50. The van der Waals surface area contributed by atoms with Gasteiger partial charge in [-0.3, -0.25) is 24.6 Å². The van der Waals surface area contributed by atoms with E-state index in [1.165, 1.54) is 15.9 Å². The van der Waals surface area contributed by atoms with Crippen LogP contribution in [0.15, 0.2) is 30.3 Å². The molecule has 0 aromatic heterocycles. The normalized spacial score (nSPS) is 17.3. The fourth-order valence-corrected chi connectivity index (χ4v) is 4.18. The van der Waals surface area contributed by atoms with Crippen molar-refractivity contribution in [3.63, 3.8) is 0 Å². The van der Waals surface area contributed by atoms with Crippen molar-refractivity contribution >= 4 is 29.5 Å². The van der Waals surface area contributed by atoms with Gasteiger partial charge in [0.05, 0.1) is 11.6 Å². The fraction of sp³-hybridized carbons (Fsp3) is 0.292. The highest BCUT2D eigenvalue weighted by molar-refractivity contribution is 6.05. The molecule has 2 aliphatic heterocycles. The standard InChI is InChI=1S/C24H22N4O5/c1-13-8-16(9-14(2)19(13)11-25)27(3)24(32)33-17-5-4-15-12-28(23(31)18(15)10-17)20-6-7-21(29)26-22(20)30/h4-5,8-10,20H,6-7,12H2,1-3H3,(H,26,29,30). The predicted octanol–water partition coefficient (Wildman–Crippen LogP) is 2.57. The zero-order valence-corrected chi connectivity index (χ0v) is 18.5. The third-order valence-electron chi connectivity index (χ3n) is 6.00. The number of piperidine rings is 1. The molecule has 0 radical (unpaired) electrons. The molecule has 2 aromatic carbocycles. The second kappa shape index (κ2) is 8.39. The molecule has 9 heteroatoms. The number of imide groups is 1. The number of carbonyl (C=O) groups is 4. The summed E-state index contributed by atoms with van der Waals surface area (Å²) in [7, 11) is 1.56. The average Bonchev–Trinajstić information content (AvgIpc) is 3.08. The lowest BCUT2D eigenvalue weighted by molar-refractivity contribution is -0.136. The molecule has 33 heavy (non-hydrogen) atoms. The lowest BCUT2D eigenvalue weighted by atomic mass is 10.0. The Morgan fingerprint density at radius 2 is 1.88 bits per heavy atom. The summed E-state index contributed by atoms with van der Waals surface area (Å²) in [5.74, 6) is -0.963. The summed E-state index contributed by atoms with van der Waals surface area (Å²) < 4.78 is 5.48. The van der Waals surface area contributed by atoms with Crippen molar-refractivity contribution in [1.82, 2.24) is 10.2 Å². The summed E-state index contributed by atoms with van der Waals surface area (Å²) in [4.78, 5) is 52.0. The van der Waals surface area contributed by atoms with Gasteiger partial charge in [0, 0.05) is 31.3 Å². The molecule has 2 heterocycles. The summed E-state index contributed by atoms with van der Waals surface area (Å²) in [5, 5.41) is 11.5. The molecule has 1 fully saturated rings. The number of nitrogens with one attached hydrogen (secondary N) is 1. The first-order valence-corrected chi connectivity index (χ1v) is 10.4. The topological polar surface area (TPSA) is 120 Å². The quantitative estimate of drug-likeness (QED) is 0.724. The van der Waals surface area contributed by atoms with E-state index >= 15 is 0 Å². The molecule has 1 N–H and O–H groups in total. The van der Waals surface area contributed by atoms with E-state index < -0.39 is 18.0 Å². The van der Waals surface area contributed by atoms with Crippen LogP contribution in [-0.2, 0) is 16.1 Å². The van der Waals surface area contributed by atoms with Gasteiger partial charge < -0.3 is 9.64 Å². The molecule has 1 atom stereocenters. The second-order valence-electron chi connectivity index (χ2n) is 8.21. The summed E-state index contributed by atoms with van der Waals surface area (Å²) in [5.41, 5.74) is 3.73. The third kappa shape index (κ3) is 4.03.